The van der Waals surface area contributed by atoms with Crippen molar-refractivity contribution in [1.29, 1.82) is 0 Å². The van der Waals surface area contributed by atoms with Crippen molar-refractivity contribution in [2.75, 3.05) is 23.7 Å². The van der Waals surface area contributed by atoms with Gasteiger partial charge >= 0.3 is 0 Å². The molecule has 224 valence electrons. The molecule has 0 spiro atoms. The Balaban J connectivity index is 1.60. The minimum absolute atomic E-state index is 0.00711. The van der Waals surface area contributed by atoms with Gasteiger partial charge in [-0.1, -0.05) is 62.5 Å². The summed E-state index contributed by atoms with van der Waals surface area (Å²) in [6.07, 6.45) is 12.1. The lowest BCUT2D eigenvalue weighted by Crippen LogP contribution is -2.35. The van der Waals surface area contributed by atoms with E-state index in [-0.39, 0.29) is 10.8 Å². The van der Waals surface area contributed by atoms with Crippen LogP contribution in [-0.4, -0.2) is 42.3 Å². The number of hydrogen-bond donors (Lipinski definition) is 3. The number of allylic oxidation sites excluding steroid dienone is 5. The van der Waals surface area contributed by atoms with Gasteiger partial charge in [-0.25, -0.2) is 0 Å². The van der Waals surface area contributed by atoms with Gasteiger partial charge in [0.1, 0.15) is 4.70 Å². The number of nitrogens with zero attached hydrogens (tertiary/aromatic N) is 2. The molecule has 0 saturated heterocycles. The lowest BCUT2D eigenvalue weighted by Gasteiger charge is -2.27. The zero-order valence-corrected chi connectivity index (χ0v) is 26.6. The number of anilines is 1. The Morgan fingerprint density at radius 1 is 1.14 bits per heavy atom. The van der Waals surface area contributed by atoms with Crippen molar-refractivity contribution in [2.24, 2.45) is 0 Å². The first-order valence-corrected chi connectivity index (χ1v) is 17.2. The number of nitrogens with one attached hydrogen (secondary N) is 1. The van der Waals surface area contributed by atoms with Crippen LogP contribution < -0.4 is 14.8 Å². The fraction of sp³-hybridized carbons (Fsp3) is 0.355. The molecule has 1 aromatic heterocycles. The van der Waals surface area contributed by atoms with Crippen molar-refractivity contribution in [2.45, 2.75) is 56.9 Å². The molecule has 2 aromatic carbocycles. The van der Waals surface area contributed by atoms with Crippen molar-refractivity contribution >= 4 is 61.4 Å². The Labute approximate surface area is 256 Å². The molecule has 8 nitrogen and oxygen atoms in total. The lowest BCUT2D eigenvalue weighted by molar-refractivity contribution is -0.668. The summed E-state index contributed by atoms with van der Waals surface area (Å²) < 4.78 is 46.1. The highest BCUT2D eigenvalue weighted by Gasteiger charge is 2.40. The van der Waals surface area contributed by atoms with Gasteiger partial charge in [-0.2, -0.15) is 13.0 Å². The van der Waals surface area contributed by atoms with Crippen molar-refractivity contribution in [3.05, 3.63) is 83.0 Å². The van der Waals surface area contributed by atoms with Crippen molar-refractivity contribution < 1.29 is 26.9 Å². The predicted octanol–water partition coefficient (Wildman–Crippen LogP) is 6.20. The van der Waals surface area contributed by atoms with Crippen molar-refractivity contribution in [3.63, 3.8) is 0 Å². The molecule has 3 N–H and O–H groups in total. The summed E-state index contributed by atoms with van der Waals surface area (Å²) in [5, 5.41) is 4.04. The molecule has 1 aliphatic heterocycles. The predicted molar refractivity (Wildman–Crippen MR) is 173 cm³/mol. The fourth-order valence-electron chi connectivity index (χ4n) is 5.19. The molecule has 0 aliphatic carbocycles. The summed E-state index contributed by atoms with van der Waals surface area (Å²) in [5.74, 6) is 0.687. The van der Waals surface area contributed by atoms with Gasteiger partial charge in [0.2, 0.25) is 11.4 Å². The van der Waals surface area contributed by atoms with Gasteiger partial charge in [-0.15, -0.1) is 0 Å². The number of benzene rings is 2. The highest BCUT2D eigenvalue weighted by atomic mass is 32.2. The Morgan fingerprint density at radius 2 is 1.93 bits per heavy atom. The molecular weight excluding hydrogens is 591 g/mol. The molecule has 1 amide bonds. The number of carbonyl (C=O) groups excluding carboxylic acids is 1. The third-order valence-corrected chi connectivity index (χ3v) is 9.78. The summed E-state index contributed by atoms with van der Waals surface area (Å²) >= 11 is 2.59. The number of hydrogen-bond acceptors (Lipinski definition) is 7. The molecule has 11 heteroatoms. The first kappa shape index (κ1) is 32.0. The van der Waals surface area contributed by atoms with E-state index < -0.39 is 15.5 Å². The smallest absolute Gasteiger partial charge is 0.294 e. The molecule has 42 heavy (non-hydrogen) atoms. The minimum atomic E-state index is -4.34. The Kier molecular flexibility index (Phi) is 10.7. The number of rotatable bonds is 13. The van der Waals surface area contributed by atoms with Crippen LogP contribution in [0, 0.1) is 0 Å². The van der Waals surface area contributed by atoms with Gasteiger partial charge < -0.3 is 14.8 Å². The van der Waals surface area contributed by atoms with Gasteiger partial charge in [-0.3, -0.25) is 9.35 Å². The fourth-order valence-corrected chi connectivity index (χ4v) is 7.06. The minimum Gasteiger partial charge on any atom is -0.356 e. The maximum absolute atomic E-state index is 11.9. The Bertz CT molecular complexity index is 1620. The second-order valence-corrected chi connectivity index (χ2v) is 13.7. The van der Waals surface area contributed by atoms with Gasteiger partial charge in [-0.05, 0) is 54.4 Å². The standard InChI is InChI=1S/C31H37N3O5S3/c1-4-29(35)32-18-10-19-33-25-17-16-23(42(37,38)39)22-24(25)31(2,3)28(33)14-6-5-7-15-30-34(20-11-21-40-36)26-12-8-9-13-27(26)41-30/h5-9,12-17,22H,4,10-11,18-21H2,1-3H3,(H2-,32,35,36,37,38,39)/p+1. The van der Waals surface area contributed by atoms with Crippen molar-refractivity contribution in [1.82, 2.24) is 5.32 Å². The van der Waals surface area contributed by atoms with Gasteiger partial charge in [0.15, 0.2) is 6.54 Å². The lowest BCUT2D eigenvalue weighted by atomic mass is 9.83. The van der Waals surface area contributed by atoms with E-state index in [4.69, 9.17) is 4.55 Å². The van der Waals surface area contributed by atoms with E-state index in [0.29, 0.717) is 31.7 Å². The second-order valence-electron chi connectivity index (χ2n) is 10.5. The van der Waals surface area contributed by atoms with Gasteiger partial charge in [0.05, 0.1) is 4.90 Å². The van der Waals surface area contributed by atoms with Crippen LogP contribution in [0.25, 0.3) is 16.3 Å². The molecular formula is C31H38N3O5S3+. The van der Waals surface area contributed by atoms with Crippen LogP contribution in [0.5, 0.6) is 0 Å². The van der Waals surface area contributed by atoms with Gasteiger partial charge in [0.25, 0.3) is 15.1 Å². The number of fused-ring (bicyclic) bond motifs is 2. The average molecular weight is 629 g/mol. The molecule has 3 aromatic rings. The third kappa shape index (κ3) is 7.33. The number of para-hydroxylation sites is 1. The van der Waals surface area contributed by atoms with Crippen LogP contribution in [0.2, 0.25) is 0 Å². The van der Waals surface area contributed by atoms with Crippen LogP contribution in [0.1, 0.15) is 50.6 Å². The van der Waals surface area contributed by atoms with E-state index in [1.807, 2.05) is 57.2 Å². The number of aryl methyl sites for hydroxylation is 1. The Hall–Kier alpha value is -2.96. The van der Waals surface area contributed by atoms with Crippen LogP contribution >= 0.6 is 23.4 Å². The molecule has 0 atom stereocenters. The second kappa shape index (κ2) is 14.0. The average Bonchev–Trinajstić information content (AvgIpc) is 3.41. The van der Waals surface area contributed by atoms with E-state index in [1.54, 1.807) is 23.5 Å². The summed E-state index contributed by atoms with van der Waals surface area (Å²) in [4.78, 5) is 13.7. The molecule has 2 heterocycles. The summed E-state index contributed by atoms with van der Waals surface area (Å²) in [6, 6.07) is 13.0. The zero-order chi connectivity index (χ0) is 30.3. The molecule has 0 bridgehead atoms. The first-order valence-electron chi connectivity index (χ1n) is 14.0. The normalized spacial score (nSPS) is 15.8. The third-order valence-electron chi connectivity index (χ3n) is 7.33. The zero-order valence-electron chi connectivity index (χ0n) is 24.1. The van der Waals surface area contributed by atoms with E-state index in [2.05, 4.69) is 33.0 Å². The van der Waals surface area contributed by atoms with Gasteiger partial charge in [0, 0.05) is 60.6 Å². The van der Waals surface area contributed by atoms with E-state index in [9.17, 15) is 17.8 Å². The molecule has 0 radical (unpaired) electrons. The number of thiazole rings is 1. The summed E-state index contributed by atoms with van der Waals surface area (Å²) in [7, 11) is -4.34. The monoisotopic (exact) mass is 628 g/mol. The molecule has 0 saturated carbocycles. The summed E-state index contributed by atoms with van der Waals surface area (Å²) in [6.45, 7) is 7.89. The SMILES string of the molecule is CCC(=O)NCCCN1\C(=C/C=C/C=C/c2sc3ccccc3[n+]2CCCSO)C(C)(C)c2cc(S(=O)(=O)O)ccc21. The molecule has 0 fully saturated rings. The molecule has 4 rings (SSSR count). The highest BCUT2D eigenvalue weighted by molar-refractivity contribution is 7.93. The number of carbonyl (C=O) groups is 1. The van der Waals surface area contributed by atoms with E-state index in [0.717, 1.165) is 47.0 Å². The number of aromatic nitrogens is 1. The maximum Gasteiger partial charge on any atom is 0.294 e. The molecule has 1 aliphatic rings. The topological polar surface area (TPSA) is 111 Å². The quantitative estimate of drug-likeness (QED) is 0.0680. The van der Waals surface area contributed by atoms with E-state index in [1.165, 1.54) is 16.3 Å². The van der Waals surface area contributed by atoms with Crippen LogP contribution in [0.15, 0.2) is 77.4 Å². The molecule has 0 unspecified atom stereocenters. The van der Waals surface area contributed by atoms with Crippen LogP contribution in [-0.2, 0) is 26.9 Å². The maximum atomic E-state index is 11.9. The highest BCUT2D eigenvalue weighted by Crippen LogP contribution is 2.48. The first-order chi connectivity index (χ1) is 20.1. The Morgan fingerprint density at radius 3 is 2.67 bits per heavy atom. The summed E-state index contributed by atoms with van der Waals surface area (Å²) in [5.41, 5.74) is 3.36. The number of amides is 1. The van der Waals surface area contributed by atoms with Crippen molar-refractivity contribution in [3.8, 4) is 0 Å². The largest absolute Gasteiger partial charge is 0.356 e. The van der Waals surface area contributed by atoms with Crippen LogP contribution in [0.4, 0.5) is 5.69 Å². The van der Waals surface area contributed by atoms with Crippen LogP contribution in [0.3, 0.4) is 0 Å². The van der Waals surface area contributed by atoms with E-state index >= 15 is 0 Å².